The quantitative estimate of drug-likeness (QED) is 0.576. The van der Waals surface area contributed by atoms with Gasteiger partial charge in [0.1, 0.15) is 10.7 Å². The second kappa shape index (κ2) is 5.70. The zero-order valence-electron chi connectivity index (χ0n) is 13.2. The summed E-state index contributed by atoms with van der Waals surface area (Å²) < 4.78 is 28.1. The Morgan fingerprint density at radius 1 is 1.12 bits per heavy atom. The number of halogens is 1. The van der Waals surface area contributed by atoms with E-state index in [-0.39, 0.29) is 9.38 Å². The molecule has 2 aromatic carbocycles. The number of sulfonamides is 1. The van der Waals surface area contributed by atoms with Crippen molar-refractivity contribution in [1.82, 2.24) is 9.21 Å². The molecule has 0 unspecified atom stereocenters. The Kier molecular flexibility index (Phi) is 3.95. The first kappa shape index (κ1) is 16.6. The lowest BCUT2D eigenvalue weighted by Gasteiger charge is -2.35. The summed E-state index contributed by atoms with van der Waals surface area (Å²) in [6.07, 6.45) is 1.63. The summed E-state index contributed by atoms with van der Waals surface area (Å²) in [5.41, 5.74) is 7.74. The molecule has 126 valence electrons. The van der Waals surface area contributed by atoms with Crippen LogP contribution >= 0.6 is 11.6 Å². The maximum absolute atomic E-state index is 12.6. The Morgan fingerprint density at radius 2 is 1.79 bits per heavy atom. The minimum absolute atomic E-state index is 0.141. The van der Waals surface area contributed by atoms with Crippen molar-refractivity contribution in [1.29, 1.82) is 0 Å². The summed E-state index contributed by atoms with van der Waals surface area (Å²) in [5.74, 6) is 0.451. The van der Waals surface area contributed by atoms with Gasteiger partial charge < -0.3 is 11.1 Å². The molecule has 0 radical (unpaired) electrons. The number of fused-ring (bicyclic) bond motifs is 1. The summed E-state index contributed by atoms with van der Waals surface area (Å²) in [6, 6.07) is 11.5. The number of hydrogen-bond acceptors (Lipinski definition) is 4. The number of nitrogen functional groups attached to an aromatic ring is 1. The van der Waals surface area contributed by atoms with Crippen LogP contribution < -0.4 is 20.3 Å². The van der Waals surface area contributed by atoms with E-state index in [0.29, 0.717) is 16.5 Å². The van der Waals surface area contributed by atoms with Crippen molar-refractivity contribution in [2.75, 3.05) is 25.1 Å². The zero-order valence-corrected chi connectivity index (χ0v) is 14.8. The van der Waals surface area contributed by atoms with Crippen molar-refractivity contribution in [2.45, 2.75) is 4.90 Å². The topological polar surface area (TPSA) is 84.2 Å². The Balaban J connectivity index is 1.98. The van der Waals surface area contributed by atoms with Crippen LogP contribution in [0.4, 0.5) is 17.1 Å². The fraction of sp³-hybridized carbons (Fsp3) is 0.125. The molecular weight excluding hydrogens is 348 g/mol. The molecule has 0 amide bonds. The number of hydrogen-bond donors (Lipinski definition) is 3. The van der Waals surface area contributed by atoms with Crippen LogP contribution in [-0.2, 0) is 10.0 Å². The van der Waals surface area contributed by atoms with Gasteiger partial charge in [-0.25, -0.2) is 17.6 Å². The first-order valence-electron chi connectivity index (χ1n) is 7.20. The Bertz CT molecular complexity index is 922. The molecule has 0 bridgehead atoms. The largest absolute Gasteiger partial charge is 0.399 e. The van der Waals surface area contributed by atoms with Gasteiger partial charge in [-0.15, -0.1) is 0 Å². The van der Waals surface area contributed by atoms with Gasteiger partial charge in [0, 0.05) is 5.69 Å². The van der Waals surface area contributed by atoms with Gasteiger partial charge >= 0.3 is 0 Å². The number of nitrogens with zero attached hydrogens (tertiary/aromatic N) is 1. The van der Waals surface area contributed by atoms with E-state index in [0.717, 1.165) is 11.4 Å². The van der Waals surface area contributed by atoms with Gasteiger partial charge in [-0.2, -0.15) is 0 Å². The number of quaternary nitrogens is 1. The highest BCUT2D eigenvalue weighted by Gasteiger charge is 2.36. The fourth-order valence-electron chi connectivity index (χ4n) is 2.62. The van der Waals surface area contributed by atoms with E-state index in [4.69, 9.17) is 17.3 Å². The molecule has 0 aliphatic carbocycles. The van der Waals surface area contributed by atoms with Gasteiger partial charge in [0.05, 0.1) is 25.2 Å². The second-order valence-corrected chi connectivity index (χ2v) is 8.03. The van der Waals surface area contributed by atoms with E-state index >= 15 is 0 Å². The predicted octanol–water partition coefficient (Wildman–Crippen LogP) is 2.69. The Hall–Kier alpha value is -2.22. The van der Waals surface area contributed by atoms with Crippen molar-refractivity contribution in [2.24, 2.45) is 0 Å². The minimum atomic E-state index is -3.74. The third-order valence-corrected chi connectivity index (χ3v) is 5.62. The number of rotatable bonds is 3. The molecule has 8 heteroatoms. The third kappa shape index (κ3) is 2.82. The molecule has 0 saturated carbocycles. The van der Waals surface area contributed by atoms with Gasteiger partial charge in [0.25, 0.3) is 10.0 Å². The molecule has 1 aliphatic heterocycles. The maximum atomic E-state index is 12.6. The first-order chi connectivity index (χ1) is 11.2. The molecule has 0 spiro atoms. The van der Waals surface area contributed by atoms with Crippen LogP contribution in [0.1, 0.15) is 0 Å². The van der Waals surface area contributed by atoms with Crippen LogP contribution in [-0.4, -0.2) is 22.5 Å². The normalized spacial score (nSPS) is 15.9. The van der Waals surface area contributed by atoms with Crippen LogP contribution in [0.25, 0.3) is 0 Å². The summed E-state index contributed by atoms with van der Waals surface area (Å²) in [4.78, 5) is 0.141. The smallest absolute Gasteiger partial charge is 0.265 e. The molecule has 0 aromatic heterocycles. The number of anilines is 2. The van der Waals surface area contributed by atoms with Gasteiger partial charge in [0.2, 0.25) is 5.82 Å². The van der Waals surface area contributed by atoms with Crippen LogP contribution in [0.3, 0.4) is 0 Å². The molecule has 24 heavy (non-hydrogen) atoms. The molecule has 0 atom stereocenters. The highest BCUT2D eigenvalue weighted by atomic mass is 35.5. The number of benzene rings is 2. The summed E-state index contributed by atoms with van der Waals surface area (Å²) >= 11 is 6.32. The molecule has 4 N–H and O–H groups in total. The monoisotopic (exact) mass is 365 g/mol. The number of nitrogens with two attached hydrogens (primary N) is 1. The van der Waals surface area contributed by atoms with Crippen molar-refractivity contribution in [3.63, 3.8) is 0 Å². The van der Waals surface area contributed by atoms with Crippen molar-refractivity contribution < 1.29 is 8.42 Å². The average molecular weight is 366 g/mol. The molecule has 1 aliphatic rings. The van der Waals surface area contributed by atoms with Crippen LogP contribution in [0.15, 0.2) is 59.4 Å². The van der Waals surface area contributed by atoms with Crippen LogP contribution in [0.5, 0.6) is 0 Å². The lowest BCUT2D eigenvalue weighted by molar-refractivity contribution is 0.464. The lowest BCUT2D eigenvalue weighted by Crippen LogP contribution is -2.49. The van der Waals surface area contributed by atoms with E-state index in [9.17, 15) is 8.42 Å². The van der Waals surface area contributed by atoms with Gasteiger partial charge in [0.15, 0.2) is 5.69 Å². The van der Waals surface area contributed by atoms with E-state index in [1.54, 1.807) is 24.4 Å². The minimum Gasteiger partial charge on any atom is -0.399 e. The van der Waals surface area contributed by atoms with E-state index in [1.807, 2.05) is 26.2 Å². The Morgan fingerprint density at radius 3 is 2.46 bits per heavy atom. The van der Waals surface area contributed by atoms with Gasteiger partial charge in [-0.1, -0.05) is 17.7 Å². The fourth-order valence-corrected chi connectivity index (χ4v) is 4.18. The van der Waals surface area contributed by atoms with Gasteiger partial charge in [-0.05, 0) is 36.4 Å². The molecule has 6 nitrogen and oxygen atoms in total. The maximum Gasteiger partial charge on any atom is 0.265 e. The molecule has 1 heterocycles. The van der Waals surface area contributed by atoms with Crippen molar-refractivity contribution in [3.05, 3.63) is 59.5 Å². The highest BCUT2D eigenvalue weighted by molar-refractivity contribution is 7.89. The lowest BCUT2D eigenvalue weighted by atomic mass is 10.2. The number of nitrogens with one attached hydrogen (secondary N) is 2. The average Bonchev–Trinajstić information content (AvgIpc) is 2.50. The number of para-hydroxylation sites is 1. The van der Waals surface area contributed by atoms with E-state index in [2.05, 4.69) is 10.0 Å². The predicted molar refractivity (Wildman–Crippen MR) is 98.0 cm³/mol. The molecule has 3 rings (SSSR count). The Labute approximate surface area is 146 Å². The molecular formula is C16H18ClN4O2S+. The first-order valence-corrected chi connectivity index (χ1v) is 9.06. The second-order valence-electron chi connectivity index (χ2n) is 5.94. The molecule has 0 saturated heterocycles. The summed E-state index contributed by atoms with van der Waals surface area (Å²) in [5, 5.41) is 3.64. The third-order valence-electron chi connectivity index (χ3n) is 3.94. The van der Waals surface area contributed by atoms with Gasteiger partial charge in [-0.3, -0.25) is 0 Å². The highest BCUT2D eigenvalue weighted by Crippen LogP contribution is 2.41. The van der Waals surface area contributed by atoms with Crippen LogP contribution in [0.2, 0.25) is 5.02 Å². The SMILES string of the molecule is C[N+]1(C)C(NS(=O)(=O)c2ccc(N)cc2)=CNc2cccc(Cl)c21. The molecule has 0 fully saturated rings. The van der Waals surface area contributed by atoms with Crippen molar-refractivity contribution >= 4 is 38.7 Å². The van der Waals surface area contributed by atoms with Crippen LogP contribution in [0, 0.1) is 0 Å². The standard InChI is InChI=1S/C16H18ClN4O2S/c1-21(2)15(10-19-14-5-3-4-13(17)16(14)21)20-24(22,23)12-8-6-11(18)7-9-12/h3-10,19-20H,18H2,1-2H3/q+1. The summed E-state index contributed by atoms with van der Waals surface area (Å²) in [7, 11) is -0.00769. The zero-order chi connectivity index (χ0) is 17.5. The summed E-state index contributed by atoms with van der Waals surface area (Å²) in [6.45, 7) is 0. The molecule has 2 aromatic rings. The van der Waals surface area contributed by atoms with Crippen molar-refractivity contribution in [3.8, 4) is 0 Å². The van der Waals surface area contributed by atoms with E-state index < -0.39 is 10.0 Å². The van der Waals surface area contributed by atoms with E-state index in [1.165, 1.54) is 12.1 Å².